The van der Waals surface area contributed by atoms with Crippen LogP contribution >= 0.6 is 0 Å². The van der Waals surface area contributed by atoms with Gasteiger partial charge in [-0.15, -0.1) is 0 Å². The summed E-state index contributed by atoms with van der Waals surface area (Å²) in [4.78, 5) is 24.5. The lowest BCUT2D eigenvalue weighted by atomic mass is 10.0. The number of ether oxygens (including phenoxy) is 1. The Morgan fingerprint density at radius 3 is 1.09 bits per heavy atom. The molecule has 434 valence electrons. The highest BCUT2D eigenvalue weighted by Crippen LogP contribution is 2.17. The molecule has 0 aliphatic heterocycles. The summed E-state index contributed by atoms with van der Waals surface area (Å²) in [5.74, 6) is -0.0666. The molecule has 0 aromatic carbocycles. The average Bonchev–Trinajstić information content (AvgIpc) is 3.40. The first-order valence-electron chi connectivity index (χ1n) is 32.9. The molecule has 0 aromatic heterocycles. The van der Waals surface area contributed by atoms with Gasteiger partial charge >= 0.3 is 5.97 Å². The van der Waals surface area contributed by atoms with Crippen LogP contribution in [0.15, 0.2) is 48.6 Å². The predicted octanol–water partition coefficient (Wildman–Crippen LogP) is 20.9. The van der Waals surface area contributed by atoms with Crippen LogP contribution in [0.1, 0.15) is 348 Å². The van der Waals surface area contributed by atoms with Gasteiger partial charge in [-0.3, -0.25) is 9.59 Å². The number of carbonyl (C=O) groups excluding carboxylic acids is 2. The largest absolute Gasteiger partial charge is 0.466 e. The summed E-state index contributed by atoms with van der Waals surface area (Å²) in [5.41, 5.74) is 0. The van der Waals surface area contributed by atoms with Gasteiger partial charge in [0, 0.05) is 12.8 Å². The molecular weight excluding hydrogens is 911 g/mol. The van der Waals surface area contributed by atoms with Crippen LogP contribution in [0.3, 0.4) is 0 Å². The van der Waals surface area contributed by atoms with Gasteiger partial charge in [-0.05, 0) is 83.5 Å². The summed E-state index contributed by atoms with van der Waals surface area (Å²) in [6, 6.07) is -0.628. The number of carbonyl (C=O) groups is 2. The maximum Gasteiger partial charge on any atom is 0.305 e. The van der Waals surface area contributed by atoms with Crippen molar-refractivity contribution in [2.24, 2.45) is 0 Å². The van der Waals surface area contributed by atoms with Crippen LogP contribution in [0.2, 0.25) is 0 Å². The number of esters is 1. The Kier molecular flexibility index (Phi) is 61.5. The van der Waals surface area contributed by atoms with Crippen molar-refractivity contribution >= 4 is 11.9 Å². The van der Waals surface area contributed by atoms with Gasteiger partial charge in [0.2, 0.25) is 5.91 Å². The number of amides is 1. The average molecular weight is 1040 g/mol. The number of rotatable bonds is 61. The Bertz CT molecular complexity index is 1240. The summed E-state index contributed by atoms with van der Waals surface area (Å²) < 4.78 is 5.47. The van der Waals surface area contributed by atoms with E-state index in [1.807, 2.05) is 6.08 Å². The summed E-state index contributed by atoms with van der Waals surface area (Å²) in [6.45, 7) is 4.85. The van der Waals surface area contributed by atoms with Gasteiger partial charge in [-0.1, -0.05) is 300 Å². The fraction of sp³-hybridized carbons (Fsp3) is 0.853. The Morgan fingerprint density at radius 1 is 0.378 bits per heavy atom. The minimum Gasteiger partial charge on any atom is -0.466 e. The summed E-state index contributed by atoms with van der Waals surface area (Å²) in [5, 5.41) is 23.2. The second kappa shape index (κ2) is 63.4. The third-order valence-corrected chi connectivity index (χ3v) is 15.0. The van der Waals surface area contributed by atoms with Crippen molar-refractivity contribution in [1.82, 2.24) is 5.32 Å². The smallest absolute Gasteiger partial charge is 0.305 e. The van der Waals surface area contributed by atoms with Crippen molar-refractivity contribution in [3.05, 3.63) is 48.6 Å². The van der Waals surface area contributed by atoms with Crippen molar-refractivity contribution in [2.75, 3.05) is 13.2 Å². The molecule has 0 saturated carbocycles. The van der Waals surface area contributed by atoms with E-state index in [4.69, 9.17) is 4.74 Å². The van der Waals surface area contributed by atoms with E-state index >= 15 is 0 Å². The first-order chi connectivity index (χ1) is 36.5. The molecule has 6 nitrogen and oxygen atoms in total. The summed E-state index contributed by atoms with van der Waals surface area (Å²) in [7, 11) is 0. The number of aliphatic hydroxyl groups excluding tert-OH is 2. The molecule has 0 bridgehead atoms. The number of hydrogen-bond acceptors (Lipinski definition) is 5. The van der Waals surface area contributed by atoms with Gasteiger partial charge < -0.3 is 20.3 Å². The highest BCUT2D eigenvalue weighted by molar-refractivity contribution is 5.76. The lowest BCUT2D eigenvalue weighted by molar-refractivity contribution is -0.143. The molecule has 3 N–H and O–H groups in total. The molecule has 0 aliphatic rings. The standard InChI is InChI=1S/C68H127NO5/c1-3-5-7-9-11-13-15-17-18-33-37-40-44-48-52-56-60-66(71)65(64-70)69-67(72)61-57-53-49-45-41-38-34-31-29-27-25-23-21-19-20-22-24-26-28-30-32-35-39-43-47-51-55-59-63-74-68(73)62-58-54-50-46-42-36-16-14-12-10-8-6-4-2/h8,10,14,16,19-20,56,60,65-66,70-71H,3-7,9,11-13,15,17-18,21-55,57-59,61-64H2,1-2H3,(H,69,72)/b10-8-,16-14-,20-19-,60-56+. The highest BCUT2D eigenvalue weighted by atomic mass is 16.5. The van der Waals surface area contributed by atoms with Gasteiger partial charge in [0.1, 0.15) is 0 Å². The van der Waals surface area contributed by atoms with Gasteiger partial charge in [-0.2, -0.15) is 0 Å². The van der Waals surface area contributed by atoms with Crippen LogP contribution in [0, 0.1) is 0 Å². The highest BCUT2D eigenvalue weighted by Gasteiger charge is 2.18. The molecule has 0 spiro atoms. The van der Waals surface area contributed by atoms with Gasteiger partial charge in [0.05, 0.1) is 25.4 Å². The molecule has 2 unspecified atom stereocenters. The second-order valence-electron chi connectivity index (χ2n) is 22.4. The normalized spacial score (nSPS) is 12.9. The van der Waals surface area contributed by atoms with Gasteiger partial charge in [0.25, 0.3) is 0 Å². The van der Waals surface area contributed by atoms with Crippen LogP contribution in [0.4, 0.5) is 0 Å². The Morgan fingerprint density at radius 2 is 0.703 bits per heavy atom. The van der Waals surface area contributed by atoms with Crippen molar-refractivity contribution in [3.8, 4) is 0 Å². The maximum absolute atomic E-state index is 12.5. The first-order valence-corrected chi connectivity index (χ1v) is 32.9. The van der Waals surface area contributed by atoms with E-state index in [0.29, 0.717) is 19.4 Å². The van der Waals surface area contributed by atoms with E-state index in [9.17, 15) is 19.8 Å². The third kappa shape index (κ3) is 59.1. The van der Waals surface area contributed by atoms with Crippen LogP contribution < -0.4 is 5.32 Å². The molecule has 1 amide bonds. The zero-order chi connectivity index (χ0) is 53.6. The van der Waals surface area contributed by atoms with E-state index in [1.54, 1.807) is 6.08 Å². The minimum absolute atomic E-state index is 0.000127. The lowest BCUT2D eigenvalue weighted by Crippen LogP contribution is -2.45. The monoisotopic (exact) mass is 1040 g/mol. The molecule has 0 rings (SSSR count). The number of nitrogens with one attached hydrogen (secondary N) is 1. The zero-order valence-corrected chi connectivity index (χ0v) is 49.6. The second-order valence-corrected chi connectivity index (χ2v) is 22.4. The number of unbranched alkanes of at least 4 members (excludes halogenated alkanes) is 44. The molecule has 0 saturated heterocycles. The molecule has 2 atom stereocenters. The van der Waals surface area contributed by atoms with Crippen molar-refractivity contribution in [2.45, 2.75) is 360 Å². The zero-order valence-electron chi connectivity index (χ0n) is 49.6. The predicted molar refractivity (Wildman–Crippen MR) is 324 cm³/mol. The van der Waals surface area contributed by atoms with Crippen LogP contribution in [-0.4, -0.2) is 47.4 Å². The summed E-state index contributed by atoms with van der Waals surface area (Å²) >= 11 is 0. The number of aliphatic hydroxyl groups is 2. The molecule has 0 aromatic rings. The number of hydrogen-bond donors (Lipinski definition) is 3. The first kappa shape index (κ1) is 71.8. The quantitative estimate of drug-likeness (QED) is 0.0320. The molecule has 6 heteroatoms. The molecule has 0 fully saturated rings. The molecule has 0 heterocycles. The molecule has 0 aliphatic carbocycles. The van der Waals surface area contributed by atoms with Crippen molar-refractivity contribution in [3.63, 3.8) is 0 Å². The summed E-state index contributed by atoms with van der Waals surface area (Å²) in [6.07, 6.45) is 81.7. The molecule has 74 heavy (non-hydrogen) atoms. The Labute approximate surface area is 461 Å². The Hall–Kier alpha value is -2.18. The topological polar surface area (TPSA) is 95.9 Å². The maximum atomic E-state index is 12.5. The van der Waals surface area contributed by atoms with E-state index < -0.39 is 12.1 Å². The fourth-order valence-electron chi connectivity index (χ4n) is 10.0. The van der Waals surface area contributed by atoms with Gasteiger partial charge in [0.15, 0.2) is 0 Å². The van der Waals surface area contributed by atoms with E-state index in [1.165, 1.54) is 270 Å². The van der Waals surface area contributed by atoms with E-state index in [2.05, 4.69) is 55.6 Å². The van der Waals surface area contributed by atoms with E-state index in [-0.39, 0.29) is 18.5 Å². The van der Waals surface area contributed by atoms with E-state index in [0.717, 1.165) is 51.4 Å². The van der Waals surface area contributed by atoms with Gasteiger partial charge in [-0.25, -0.2) is 0 Å². The van der Waals surface area contributed by atoms with Crippen molar-refractivity contribution < 1.29 is 24.5 Å². The lowest BCUT2D eigenvalue weighted by Gasteiger charge is -2.20. The van der Waals surface area contributed by atoms with Crippen LogP contribution in [-0.2, 0) is 14.3 Å². The SMILES string of the molecule is CCC/C=C\C/C=C\CCCCCCCC(=O)OCCCCCCCCCCCCCC/C=C\CCCCCCCCCCCCCCC(=O)NC(CO)C(O)/C=C/CCCCCCCCCCCCCCCC. The van der Waals surface area contributed by atoms with Crippen LogP contribution in [0.25, 0.3) is 0 Å². The number of allylic oxidation sites excluding steroid dienone is 7. The fourth-order valence-corrected chi connectivity index (χ4v) is 10.0. The Balaban J connectivity index is 3.41. The van der Waals surface area contributed by atoms with Crippen molar-refractivity contribution in [1.29, 1.82) is 0 Å². The minimum atomic E-state index is -0.845. The molecule has 0 radical (unpaired) electrons. The third-order valence-electron chi connectivity index (χ3n) is 15.0. The molecular formula is C68H127NO5. The van der Waals surface area contributed by atoms with Crippen LogP contribution in [0.5, 0.6) is 0 Å².